The van der Waals surface area contributed by atoms with E-state index in [0.717, 1.165) is 11.1 Å². The fourth-order valence-electron chi connectivity index (χ4n) is 2.80. The first kappa shape index (κ1) is 18.4. The number of hydrogen-bond acceptors (Lipinski definition) is 3. The molecule has 4 heteroatoms. The van der Waals surface area contributed by atoms with Crippen LogP contribution >= 0.6 is 0 Å². The van der Waals surface area contributed by atoms with Gasteiger partial charge in [0.2, 0.25) is 0 Å². The number of methoxy groups -OCH3 is 1. The van der Waals surface area contributed by atoms with Crippen molar-refractivity contribution in [3.05, 3.63) is 78.4 Å². The van der Waals surface area contributed by atoms with Crippen molar-refractivity contribution in [2.45, 2.75) is 36.0 Å². The van der Waals surface area contributed by atoms with Crippen LogP contribution in [-0.2, 0) is 14.6 Å². The second kappa shape index (κ2) is 8.27. The summed E-state index contributed by atoms with van der Waals surface area (Å²) in [4.78, 5) is 0.333. The Morgan fingerprint density at radius 1 is 1.08 bits per heavy atom. The third-order valence-electron chi connectivity index (χ3n) is 4.12. The average Bonchev–Trinajstić information content (AvgIpc) is 2.59. The van der Waals surface area contributed by atoms with Gasteiger partial charge >= 0.3 is 0 Å². The van der Waals surface area contributed by atoms with Crippen LogP contribution in [0.1, 0.15) is 30.1 Å². The minimum Gasteiger partial charge on any atom is -0.375 e. The van der Waals surface area contributed by atoms with Gasteiger partial charge in [-0.1, -0.05) is 54.1 Å². The van der Waals surface area contributed by atoms with Gasteiger partial charge in [-0.05, 0) is 37.5 Å². The summed E-state index contributed by atoms with van der Waals surface area (Å²) in [6.07, 6.45) is 2.31. The van der Waals surface area contributed by atoms with Crippen LogP contribution in [-0.4, -0.2) is 20.8 Å². The molecule has 0 saturated heterocycles. The molecule has 0 aliphatic carbocycles. The molecule has 0 aromatic heterocycles. The summed E-state index contributed by atoms with van der Waals surface area (Å²) in [5, 5.41) is -0.661. The first-order valence-electron chi connectivity index (χ1n) is 8.00. The van der Waals surface area contributed by atoms with Gasteiger partial charge in [-0.25, -0.2) is 8.42 Å². The van der Waals surface area contributed by atoms with Gasteiger partial charge in [0.05, 0.1) is 16.2 Å². The predicted octanol–water partition coefficient (Wildman–Crippen LogP) is 4.49. The SMILES string of the molecule is C=CCC[C@H]([C@@H](OC)c1ccccc1)S(=O)(=O)c1ccc(C)cc1. The van der Waals surface area contributed by atoms with Crippen LogP contribution in [0, 0.1) is 6.92 Å². The molecule has 0 unspecified atom stereocenters. The molecule has 0 spiro atoms. The number of aryl methyl sites for hydroxylation is 1. The molecule has 2 atom stereocenters. The smallest absolute Gasteiger partial charge is 0.184 e. The highest BCUT2D eigenvalue weighted by atomic mass is 32.2. The third-order valence-corrected chi connectivity index (χ3v) is 6.33. The molecule has 0 heterocycles. The normalized spacial score (nSPS) is 14.1. The van der Waals surface area contributed by atoms with E-state index >= 15 is 0 Å². The molecule has 0 aliphatic rings. The van der Waals surface area contributed by atoms with Crippen LogP contribution in [0.2, 0.25) is 0 Å². The van der Waals surface area contributed by atoms with E-state index in [0.29, 0.717) is 17.7 Å². The molecule has 2 rings (SSSR count). The van der Waals surface area contributed by atoms with Gasteiger partial charge in [-0.15, -0.1) is 6.58 Å². The molecule has 2 aromatic carbocycles. The van der Waals surface area contributed by atoms with Crippen LogP contribution in [0.15, 0.2) is 72.1 Å². The molecule has 0 bridgehead atoms. The van der Waals surface area contributed by atoms with Gasteiger partial charge in [0, 0.05) is 7.11 Å². The largest absolute Gasteiger partial charge is 0.375 e. The van der Waals surface area contributed by atoms with Crippen molar-refractivity contribution in [1.29, 1.82) is 0 Å². The topological polar surface area (TPSA) is 43.4 Å². The first-order valence-corrected chi connectivity index (χ1v) is 9.54. The monoisotopic (exact) mass is 344 g/mol. The van der Waals surface area contributed by atoms with Gasteiger partial charge < -0.3 is 4.74 Å². The summed E-state index contributed by atoms with van der Waals surface area (Å²) < 4.78 is 32.0. The minimum absolute atomic E-state index is 0.333. The van der Waals surface area contributed by atoms with Gasteiger partial charge in [0.1, 0.15) is 0 Å². The van der Waals surface area contributed by atoms with Crippen LogP contribution < -0.4 is 0 Å². The minimum atomic E-state index is -3.52. The van der Waals surface area contributed by atoms with Crippen molar-refractivity contribution < 1.29 is 13.2 Å². The molecular weight excluding hydrogens is 320 g/mol. The van der Waals surface area contributed by atoms with Crippen LogP contribution in [0.5, 0.6) is 0 Å². The molecular formula is C20H24O3S. The quantitative estimate of drug-likeness (QED) is 0.663. The van der Waals surface area contributed by atoms with Crippen LogP contribution in [0.4, 0.5) is 0 Å². The van der Waals surface area contributed by atoms with Gasteiger partial charge in [-0.2, -0.15) is 0 Å². The van der Waals surface area contributed by atoms with E-state index < -0.39 is 21.2 Å². The Balaban J connectivity index is 2.46. The lowest BCUT2D eigenvalue weighted by molar-refractivity contribution is 0.0965. The Hall–Kier alpha value is -1.91. The number of allylic oxidation sites excluding steroid dienone is 1. The van der Waals surface area contributed by atoms with Gasteiger partial charge in [0.15, 0.2) is 9.84 Å². The van der Waals surface area contributed by atoms with Crippen molar-refractivity contribution in [2.24, 2.45) is 0 Å². The Bertz CT molecular complexity index is 749. The van der Waals surface area contributed by atoms with Crippen molar-refractivity contribution in [1.82, 2.24) is 0 Å². The zero-order chi connectivity index (χ0) is 17.6. The summed E-state index contributed by atoms with van der Waals surface area (Å²) in [6.45, 7) is 5.66. The Labute approximate surface area is 144 Å². The molecule has 2 aromatic rings. The fraction of sp³-hybridized carbons (Fsp3) is 0.300. The van der Waals surface area contributed by atoms with E-state index in [1.807, 2.05) is 49.4 Å². The van der Waals surface area contributed by atoms with E-state index in [4.69, 9.17) is 4.74 Å². The van der Waals surface area contributed by atoms with Gasteiger partial charge in [0.25, 0.3) is 0 Å². The Morgan fingerprint density at radius 2 is 1.71 bits per heavy atom. The van der Waals surface area contributed by atoms with E-state index in [-0.39, 0.29) is 0 Å². The summed E-state index contributed by atoms with van der Waals surface area (Å²) in [5.41, 5.74) is 1.90. The zero-order valence-electron chi connectivity index (χ0n) is 14.2. The highest BCUT2D eigenvalue weighted by Gasteiger charge is 2.35. The number of sulfone groups is 1. The van der Waals surface area contributed by atoms with Gasteiger partial charge in [-0.3, -0.25) is 0 Å². The maximum absolute atomic E-state index is 13.2. The molecule has 24 heavy (non-hydrogen) atoms. The zero-order valence-corrected chi connectivity index (χ0v) is 15.0. The summed E-state index contributed by atoms with van der Waals surface area (Å²) in [5.74, 6) is 0. The van der Waals surface area contributed by atoms with E-state index in [1.54, 1.807) is 25.3 Å². The third kappa shape index (κ3) is 4.13. The second-order valence-electron chi connectivity index (χ2n) is 5.83. The predicted molar refractivity (Wildman–Crippen MR) is 97.8 cm³/mol. The molecule has 0 fully saturated rings. The first-order chi connectivity index (χ1) is 11.5. The summed E-state index contributed by atoms with van der Waals surface area (Å²) in [7, 11) is -1.96. The van der Waals surface area contributed by atoms with Crippen LogP contribution in [0.25, 0.3) is 0 Å². The fourth-order valence-corrected chi connectivity index (χ4v) is 4.70. The summed E-state index contributed by atoms with van der Waals surface area (Å²) in [6, 6.07) is 16.5. The van der Waals surface area contributed by atoms with Crippen molar-refractivity contribution >= 4 is 9.84 Å². The van der Waals surface area contributed by atoms with E-state index in [1.165, 1.54) is 0 Å². The molecule has 0 radical (unpaired) electrons. The molecule has 128 valence electrons. The molecule has 0 saturated carbocycles. The highest BCUT2D eigenvalue weighted by Crippen LogP contribution is 2.32. The lowest BCUT2D eigenvalue weighted by atomic mass is 10.0. The van der Waals surface area contributed by atoms with E-state index in [2.05, 4.69) is 6.58 Å². The lowest BCUT2D eigenvalue weighted by Gasteiger charge is -2.26. The molecule has 3 nitrogen and oxygen atoms in total. The summed E-state index contributed by atoms with van der Waals surface area (Å²) >= 11 is 0. The Kier molecular flexibility index (Phi) is 6.35. The van der Waals surface area contributed by atoms with Crippen molar-refractivity contribution in [3.8, 4) is 0 Å². The van der Waals surface area contributed by atoms with E-state index in [9.17, 15) is 8.42 Å². The lowest BCUT2D eigenvalue weighted by Crippen LogP contribution is -2.30. The van der Waals surface area contributed by atoms with Crippen molar-refractivity contribution in [2.75, 3.05) is 7.11 Å². The average molecular weight is 344 g/mol. The Morgan fingerprint density at radius 3 is 2.25 bits per heavy atom. The molecule has 0 amide bonds. The number of benzene rings is 2. The number of rotatable bonds is 8. The number of hydrogen-bond donors (Lipinski definition) is 0. The molecule has 0 aliphatic heterocycles. The number of ether oxygens (including phenoxy) is 1. The molecule has 0 N–H and O–H groups in total. The standard InChI is InChI=1S/C20H24O3S/c1-4-5-11-19(20(23-3)17-9-7-6-8-10-17)24(21,22)18-14-12-16(2)13-15-18/h4,6-10,12-15,19-20H,1,5,11H2,2-3H3/t19-,20+/m1/s1. The second-order valence-corrected chi connectivity index (χ2v) is 8.00. The maximum atomic E-state index is 13.2. The maximum Gasteiger partial charge on any atom is 0.184 e. The highest BCUT2D eigenvalue weighted by molar-refractivity contribution is 7.92. The van der Waals surface area contributed by atoms with Crippen molar-refractivity contribution in [3.63, 3.8) is 0 Å². The van der Waals surface area contributed by atoms with Crippen LogP contribution in [0.3, 0.4) is 0 Å².